The van der Waals surface area contributed by atoms with Crippen molar-refractivity contribution in [3.8, 4) is 0 Å². The lowest BCUT2D eigenvalue weighted by molar-refractivity contribution is 1.78. The molecule has 174 valence electrons. The fourth-order valence-corrected chi connectivity index (χ4v) is 6.85. The summed E-state index contributed by atoms with van der Waals surface area (Å²) in [6.07, 6.45) is 0. The molecule has 0 nitrogen and oxygen atoms in total. The maximum absolute atomic E-state index is 2.40. The van der Waals surface area contributed by atoms with Crippen LogP contribution in [0.1, 0.15) is 0 Å². The Balaban J connectivity index is 1.71. The lowest BCUT2D eigenvalue weighted by Crippen LogP contribution is -1.89. The summed E-state index contributed by atoms with van der Waals surface area (Å²) in [7, 11) is 0. The van der Waals surface area contributed by atoms with Gasteiger partial charge in [0.25, 0.3) is 0 Å². The van der Waals surface area contributed by atoms with Crippen molar-refractivity contribution in [1.82, 2.24) is 0 Å². The molecule has 0 aromatic heterocycles. The molecule has 0 N–H and O–H groups in total. The van der Waals surface area contributed by atoms with E-state index in [4.69, 9.17) is 0 Å². The van der Waals surface area contributed by atoms with Crippen molar-refractivity contribution >= 4 is 86.2 Å². The molecular weight excluding hydrogens is 456 g/mol. The molecule has 0 saturated carbocycles. The van der Waals surface area contributed by atoms with Gasteiger partial charge in [0.05, 0.1) is 0 Å². The second kappa shape index (κ2) is 7.31. The molecule has 0 heterocycles. The summed E-state index contributed by atoms with van der Waals surface area (Å²) >= 11 is 0. The first-order valence-corrected chi connectivity index (χ1v) is 13.3. The van der Waals surface area contributed by atoms with Crippen LogP contribution in [0.2, 0.25) is 0 Å². The second-order valence-electron chi connectivity index (χ2n) is 10.5. The molecule has 0 aliphatic carbocycles. The van der Waals surface area contributed by atoms with Gasteiger partial charge in [0.15, 0.2) is 0 Å². The number of hydrogen-bond donors (Lipinski definition) is 0. The van der Waals surface area contributed by atoms with Crippen molar-refractivity contribution in [3.63, 3.8) is 0 Å². The van der Waals surface area contributed by atoms with Crippen LogP contribution in [-0.4, -0.2) is 0 Å². The van der Waals surface area contributed by atoms with E-state index in [9.17, 15) is 0 Å². The van der Waals surface area contributed by atoms with Gasteiger partial charge in [-0.25, -0.2) is 0 Å². The van der Waals surface area contributed by atoms with E-state index in [1.165, 1.54) is 86.2 Å². The maximum Gasteiger partial charge on any atom is -0.000763 e. The molecule has 0 fully saturated rings. The van der Waals surface area contributed by atoms with E-state index < -0.39 is 0 Å². The van der Waals surface area contributed by atoms with Crippen LogP contribution in [-0.2, 0) is 0 Å². The highest BCUT2D eigenvalue weighted by Gasteiger charge is 2.17. The van der Waals surface area contributed by atoms with E-state index >= 15 is 0 Å². The van der Waals surface area contributed by atoms with Gasteiger partial charge in [0, 0.05) is 0 Å². The zero-order valence-corrected chi connectivity index (χ0v) is 20.7. The molecule has 38 heavy (non-hydrogen) atoms. The Hall–Kier alpha value is -4.94. The van der Waals surface area contributed by atoms with E-state index in [2.05, 4.69) is 133 Å². The first-order chi connectivity index (χ1) is 18.8. The Kier molecular flexibility index (Phi) is 3.88. The summed E-state index contributed by atoms with van der Waals surface area (Å²) in [5.41, 5.74) is 0. The van der Waals surface area contributed by atoms with E-state index in [1.807, 2.05) is 0 Å². The Morgan fingerprint density at radius 1 is 0.211 bits per heavy atom. The zero-order valence-electron chi connectivity index (χ0n) is 20.7. The third-order valence-electron chi connectivity index (χ3n) is 8.54. The molecule has 0 heteroatoms. The first kappa shape index (κ1) is 20.2. The van der Waals surface area contributed by atoms with Crippen LogP contribution in [0.4, 0.5) is 0 Å². The average Bonchev–Trinajstić information content (AvgIpc) is 2.99. The summed E-state index contributed by atoms with van der Waals surface area (Å²) in [5.74, 6) is 0. The minimum Gasteiger partial charge on any atom is -0.0616 e. The molecule has 0 spiro atoms. The van der Waals surface area contributed by atoms with Gasteiger partial charge in [-0.3, -0.25) is 0 Å². The molecule has 0 saturated heterocycles. The average molecular weight is 479 g/mol. The maximum atomic E-state index is 2.40. The predicted molar refractivity (Wildman–Crippen MR) is 166 cm³/mol. The Morgan fingerprint density at radius 3 is 1.05 bits per heavy atom. The zero-order chi connectivity index (χ0) is 24.8. The van der Waals surface area contributed by atoms with Crippen molar-refractivity contribution in [2.45, 2.75) is 0 Å². The van der Waals surface area contributed by atoms with Gasteiger partial charge in [-0.2, -0.15) is 0 Å². The van der Waals surface area contributed by atoms with Crippen LogP contribution in [0.5, 0.6) is 0 Å². The van der Waals surface area contributed by atoms with Gasteiger partial charge in [0.2, 0.25) is 0 Å². The highest BCUT2D eigenvalue weighted by molar-refractivity contribution is 6.41. The van der Waals surface area contributed by atoms with Gasteiger partial charge in [-0.15, -0.1) is 0 Å². The summed E-state index contributed by atoms with van der Waals surface area (Å²) in [6.45, 7) is 0. The van der Waals surface area contributed by atoms with Crippen LogP contribution >= 0.6 is 0 Å². The molecule has 9 aromatic carbocycles. The van der Waals surface area contributed by atoms with Gasteiger partial charge in [0.1, 0.15) is 0 Å². The van der Waals surface area contributed by atoms with E-state index in [0.717, 1.165) is 0 Å². The van der Waals surface area contributed by atoms with Crippen molar-refractivity contribution < 1.29 is 0 Å². The minimum atomic E-state index is 1.28. The van der Waals surface area contributed by atoms with Crippen molar-refractivity contribution in [2.75, 3.05) is 0 Å². The summed E-state index contributed by atoms with van der Waals surface area (Å²) < 4.78 is 0. The Labute approximate surface area is 219 Å². The molecule has 0 amide bonds. The Bertz CT molecular complexity index is 2270. The van der Waals surface area contributed by atoms with Crippen molar-refractivity contribution in [3.05, 3.63) is 133 Å². The number of rotatable bonds is 0. The first-order valence-electron chi connectivity index (χ1n) is 13.3. The number of benzene rings is 9. The van der Waals surface area contributed by atoms with Crippen LogP contribution in [0.3, 0.4) is 0 Å². The van der Waals surface area contributed by atoms with Crippen LogP contribution in [0, 0.1) is 0 Å². The molecule has 0 aliphatic heterocycles. The quantitative estimate of drug-likeness (QED) is 0.150. The summed E-state index contributed by atoms with van der Waals surface area (Å²) in [4.78, 5) is 0. The summed E-state index contributed by atoms with van der Waals surface area (Å²) in [5, 5.41) is 21.0. The smallest absolute Gasteiger partial charge is 0.000763 e. The largest absolute Gasteiger partial charge is 0.0616 e. The molecule has 0 atom stereocenters. The molecule has 9 aromatic rings. The normalized spacial score (nSPS) is 12.2. The van der Waals surface area contributed by atoms with E-state index in [0.29, 0.717) is 0 Å². The monoisotopic (exact) mass is 478 g/mol. The Morgan fingerprint density at radius 2 is 0.579 bits per heavy atom. The predicted octanol–water partition coefficient (Wildman–Crippen LogP) is 10.9. The standard InChI is InChI=1S/C38H22/c1-2-10-28-22-34-32-20-18-26-16-14-24-8-4-6-12-30(24)36(26)38(32)37-31(33(34)21-27(28)9-1)19-17-25-15-13-23-7-3-5-11-29(23)35(25)37/h1-22H. The van der Waals surface area contributed by atoms with Gasteiger partial charge in [-0.05, 0) is 98.3 Å². The second-order valence-corrected chi connectivity index (χ2v) is 10.5. The van der Waals surface area contributed by atoms with Gasteiger partial charge >= 0.3 is 0 Å². The topological polar surface area (TPSA) is 0 Å². The third-order valence-corrected chi connectivity index (χ3v) is 8.54. The molecular formula is C38H22. The lowest BCUT2D eigenvalue weighted by Gasteiger charge is -2.18. The number of fused-ring (bicyclic) bond motifs is 15. The lowest BCUT2D eigenvalue weighted by atomic mass is 9.85. The van der Waals surface area contributed by atoms with Gasteiger partial charge < -0.3 is 0 Å². The van der Waals surface area contributed by atoms with E-state index in [1.54, 1.807) is 0 Å². The molecule has 0 radical (unpaired) electrons. The highest BCUT2D eigenvalue weighted by Crippen LogP contribution is 2.46. The highest BCUT2D eigenvalue weighted by atomic mass is 14.2. The van der Waals surface area contributed by atoms with Gasteiger partial charge in [-0.1, -0.05) is 121 Å². The molecule has 0 bridgehead atoms. The van der Waals surface area contributed by atoms with Crippen LogP contribution < -0.4 is 0 Å². The third kappa shape index (κ3) is 2.59. The fourth-order valence-electron chi connectivity index (χ4n) is 6.85. The SMILES string of the molecule is c1ccc2cc3c(cc2c1)c1ccc2ccc4ccccc4c2c1c1c3ccc2ccc3ccccc3c21. The van der Waals surface area contributed by atoms with Crippen LogP contribution in [0.15, 0.2) is 133 Å². The van der Waals surface area contributed by atoms with Crippen molar-refractivity contribution in [1.29, 1.82) is 0 Å². The van der Waals surface area contributed by atoms with Crippen LogP contribution in [0.25, 0.3) is 86.2 Å². The van der Waals surface area contributed by atoms with E-state index in [-0.39, 0.29) is 0 Å². The fraction of sp³-hybridized carbons (Fsp3) is 0. The molecule has 0 aliphatic rings. The molecule has 9 rings (SSSR count). The number of hydrogen-bond acceptors (Lipinski definition) is 0. The molecule has 0 unspecified atom stereocenters. The van der Waals surface area contributed by atoms with Crippen molar-refractivity contribution in [2.24, 2.45) is 0 Å². The summed E-state index contributed by atoms with van der Waals surface area (Å²) in [6, 6.07) is 49.6. The minimum absolute atomic E-state index is 1.28.